The van der Waals surface area contributed by atoms with E-state index in [1.807, 2.05) is 12.1 Å². The number of rotatable bonds is 1. The molecule has 0 amide bonds. The van der Waals surface area contributed by atoms with Crippen molar-refractivity contribution in [2.45, 2.75) is 6.42 Å². The van der Waals surface area contributed by atoms with Crippen LogP contribution in [0.2, 0.25) is 0 Å². The molecule has 90 valence electrons. The summed E-state index contributed by atoms with van der Waals surface area (Å²) in [6.07, 6.45) is 1.23. The van der Waals surface area contributed by atoms with Crippen LogP contribution in [-0.4, -0.2) is 22.3 Å². The van der Waals surface area contributed by atoms with Gasteiger partial charge < -0.3 is 4.90 Å². The fourth-order valence-corrected chi connectivity index (χ4v) is 3.17. The highest BCUT2D eigenvalue weighted by molar-refractivity contribution is 7.91. The van der Waals surface area contributed by atoms with E-state index >= 15 is 0 Å². The standard InChI is InChI=1S/C13H11N3OS/c17-18-8-10-11(15-18)4-2-9-3-5-12(14-13(9)10)16-6-1-7-16/h2-5,8H,1,6-7H2. The summed E-state index contributed by atoms with van der Waals surface area (Å²) < 4.78 is 15.6. The van der Waals surface area contributed by atoms with E-state index in [0.29, 0.717) is 0 Å². The van der Waals surface area contributed by atoms with Gasteiger partial charge in [-0.2, -0.15) is 4.40 Å². The molecule has 18 heavy (non-hydrogen) atoms. The third-order valence-corrected chi connectivity index (χ3v) is 4.26. The molecule has 4 nitrogen and oxygen atoms in total. The topological polar surface area (TPSA) is 45.6 Å². The van der Waals surface area contributed by atoms with Gasteiger partial charge in [0.05, 0.1) is 10.9 Å². The summed E-state index contributed by atoms with van der Waals surface area (Å²) in [5, 5.41) is 4.45. The van der Waals surface area contributed by atoms with Crippen molar-refractivity contribution in [1.82, 2.24) is 4.98 Å². The summed E-state index contributed by atoms with van der Waals surface area (Å²) in [4.78, 5) is 6.96. The van der Waals surface area contributed by atoms with E-state index in [-0.39, 0.29) is 0 Å². The van der Waals surface area contributed by atoms with Crippen molar-refractivity contribution in [1.29, 1.82) is 0 Å². The van der Waals surface area contributed by atoms with Crippen LogP contribution in [0.4, 0.5) is 5.82 Å². The predicted molar refractivity (Wildman–Crippen MR) is 72.0 cm³/mol. The highest BCUT2D eigenvalue weighted by Crippen LogP contribution is 2.20. The molecule has 3 heterocycles. The monoisotopic (exact) mass is 257 g/mol. The molecule has 0 saturated carbocycles. The van der Waals surface area contributed by atoms with Crippen LogP contribution in [-0.2, 0) is 11.0 Å². The zero-order chi connectivity index (χ0) is 12.1. The first kappa shape index (κ1) is 10.2. The lowest BCUT2D eigenvalue weighted by Crippen LogP contribution is -2.37. The van der Waals surface area contributed by atoms with Crippen molar-refractivity contribution in [3.05, 3.63) is 34.8 Å². The minimum absolute atomic E-state index is 0.786. The van der Waals surface area contributed by atoms with Crippen molar-refractivity contribution in [2.24, 2.45) is 4.40 Å². The van der Waals surface area contributed by atoms with Crippen molar-refractivity contribution < 1.29 is 4.21 Å². The highest BCUT2D eigenvalue weighted by atomic mass is 32.2. The van der Waals surface area contributed by atoms with Crippen molar-refractivity contribution in [2.75, 3.05) is 18.0 Å². The zero-order valence-electron chi connectivity index (χ0n) is 9.67. The third-order valence-electron chi connectivity index (χ3n) is 3.45. The Labute approximate surface area is 106 Å². The number of fused-ring (bicyclic) bond motifs is 3. The Balaban J connectivity index is 2.04. The molecule has 2 aromatic rings. The van der Waals surface area contributed by atoms with Crippen molar-refractivity contribution in [3.63, 3.8) is 0 Å². The van der Waals surface area contributed by atoms with Gasteiger partial charge in [-0.05, 0) is 24.6 Å². The van der Waals surface area contributed by atoms with Crippen LogP contribution in [0.5, 0.6) is 0 Å². The number of nitrogens with zero attached hydrogens (tertiary/aromatic N) is 3. The van der Waals surface area contributed by atoms with Crippen LogP contribution < -0.4 is 15.5 Å². The number of pyridine rings is 1. The number of benzene rings is 1. The minimum atomic E-state index is -1.23. The molecule has 2 aliphatic rings. The first-order chi connectivity index (χ1) is 8.81. The Morgan fingerprint density at radius 2 is 2.00 bits per heavy atom. The second kappa shape index (κ2) is 3.62. The lowest BCUT2D eigenvalue weighted by Gasteiger charge is -2.32. The molecule has 5 heteroatoms. The second-order valence-electron chi connectivity index (χ2n) is 4.57. The number of hydrogen-bond acceptors (Lipinski definition) is 3. The van der Waals surface area contributed by atoms with E-state index in [4.69, 9.17) is 4.98 Å². The summed E-state index contributed by atoms with van der Waals surface area (Å²) in [7, 11) is -1.23. The number of anilines is 1. The Bertz CT molecular complexity index is 796. The quantitative estimate of drug-likeness (QED) is 0.746. The zero-order valence-corrected chi connectivity index (χ0v) is 10.5. The maximum Gasteiger partial charge on any atom is 0.166 e. The van der Waals surface area contributed by atoms with Crippen LogP contribution in [0, 0.1) is 0 Å². The first-order valence-corrected chi connectivity index (χ1v) is 7.14. The van der Waals surface area contributed by atoms with E-state index in [0.717, 1.165) is 40.4 Å². The molecule has 0 radical (unpaired) electrons. The largest absolute Gasteiger partial charge is 0.356 e. The van der Waals surface area contributed by atoms with Gasteiger partial charge in [-0.25, -0.2) is 9.19 Å². The van der Waals surface area contributed by atoms with Crippen LogP contribution in [0.1, 0.15) is 6.42 Å². The SMILES string of the molecule is O=S1C=c2c(ccc3ccc(N4CCC4)nc23)=N1. The molecule has 1 fully saturated rings. The Kier molecular flexibility index (Phi) is 2.05. The summed E-state index contributed by atoms with van der Waals surface area (Å²) in [6.45, 7) is 2.15. The highest BCUT2D eigenvalue weighted by Gasteiger charge is 2.16. The molecule has 4 rings (SSSR count). The molecule has 1 aromatic heterocycles. The summed E-state index contributed by atoms with van der Waals surface area (Å²) in [6, 6.07) is 8.02. The van der Waals surface area contributed by atoms with Gasteiger partial charge in [0, 0.05) is 29.1 Å². The third kappa shape index (κ3) is 1.40. The Morgan fingerprint density at radius 1 is 1.17 bits per heavy atom. The lowest BCUT2D eigenvalue weighted by atomic mass is 10.1. The van der Waals surface area contributed by atoms with E-state index in [1.54, 1.807) is 5.41 Å². The van der Waals surface area contributed by atoms with Crippen LogP contribution in [0.3, 0.4) is 0 Å². The molecule has 1 saturated heterocycles. The van der Waals surface area contributed by atoms with Crippen LogP contribution in [0.15, 0.2) is 28.7 Å². The van der Waals surface area contributed by atoms with Gasteiger partial charge in [-0.3, -0.25) is 0 Å². The summed E-state index contributed by atoms with van der Waals surface area (Å²) in [5.41, 5.74) is 0.909. The molecule has 1 atom stereocenters. The molecule has 0 N–H and O–H groups in total. The second-order valence-corrected chi connectivity index (χ2v) is 5.54. The fraction of sp³-hybridized carbons (Fsp3) is 0.231. The molecule has 0 bridgehead atoms. The summed E-state index contributed by atoms with van der Waals surface area (Å²) in [5.74, 6) is 1.01. The normalized spacial score (nSPS) is 21.1. The fourth-order valence-electron chi connectivity index (χ4n) is 2.33. The molecule has 1 unspecified atom stereocenters. The van der Waals surface area contributed by atoms with Gasteiger partial charge in [-0.15, -0.1) is 0 Å². The van der Waals surface area contributed by atoms with Gasteiger partial charge in [0.1, 0.15) is 5.82 Å². The average Bonchev–Trinajstić information content (AvgIpc) is 2.67. The van der Waals surface area contributed by atoms with Gasteiger partial charge in [0.15, 0.2) is 11.0 Å². The lowest BCUT2D eigenvalue weighted by molar-refractivity contribution is 0.611. The molecule has 0 aliphatic carbocycles. The number of aromatic nitrogens is 1. The Hall–Kier alpha value is -1.75. The average molecular weight is 257 g/mol. The van der Waals surface area contributed by atoms with Crippen molar-refractivity contribution >= 4 is 33.1 Å². The Morgan fingerprint density at radius 3 is 2.78 bits per heavy atom. The summed E-state index contributed by atoms with van der Waals surface area (Å²) >= 11 is 0. The van der Waals surface area contributed by atoms with Gasteiger partial charge in [-0.1, -0.05) is 6.07 Å². The maximum atomic E-state index is 11.5. The van der Waals surface area contributed by atoms with E-state index in [2.05, 4.69) is 21.4 Å². The first-order valence-electron chi connectivity index (χ1n) is 5.97. The maximum absolute atomic E-state index is 11.5. The van der Waals surface area contributed by atoms with Crippen LogP contribution in [0.25, 0.3) is 16.3 Å². The molecule has 2 aliphatic heterocycles. The molecule has 0 spiro atoms. The molecule has 1 aromatic carbocycles. The predicted octanol–water partition coefficient (Wildman–Crippen LogP) is 0.480. The molecular weight excluding hydrogens is 246 g/mol. The van der Waals surface area contributed by atoms with Crippen molar-refractivity contribution in [3.8, 4) is 0 Å². The van der Waals surface area contributed by atoms with Gasteiger partial charge in [0.25, 0.3) is 0 Å². The molecular formula is C13H11N3OS. The van der Waals surface area contributed by atoms with E-state index < -0.39 is 11.0 Å². The van der Waals surface area contributed by atoms with Gasteiger partial charge >= 0.3 is 0 Å². The smallest absolute Gasteiger partial charge is 0.166 e. The van der Waals surface area contributed by atoms with E-state index in [9.17, 15) is 4.21 Å². The van der Waals surface area contributed by atoms with Crippen LogP contribution >= 0.6 is 0 Å². The number of hydrogen-bond donors (Lipinski definition) is 0. The van der Waals surface area contributed by atoms with Gasteiger partial charge in [0.2, 0.25) is 0 Å². The van der Waals surface area contributed by atoms with E-state index in [1.165, 1.54) is 6.42 Å². The minimum Gasteiger partial charge on any atom is -0.356 e.